The van der Waals surface area contributed by atoms with Crippen LogP contribution in [-0.2, 0) is 6.54 Å². The summed E-state index contributed by atoms with van der Waals surface area (Å²) in [5.74, 6) is 0. The molecule has 0 atom stereocenters. The Morgan fingerprint density at radius 3 is 2.47 bits per heavy atom. The van der Waals surface area contributed by atoms with Crippen LogP contribution in [0, 0.1) is 0 Å². The average Bonchev–Trinajstić information content (AvgIpc) is 2.47. The fraction of sp³-hybridized carbons (Fsp3) is 0.0625. The quantitative estimate of drug-likeness (QED) is 0.763. The number of fused-ring (bicyclic) bond motifs is 1. The van der Waals surface area contributed by atoms with Crippen LogP contribution in [0.1, 0.15) is 5.56 Å². The maximum Gasteiger partial charge on any atom is 0.0702 e. The van der Waals surface area contributed by atoms with Crippen molar-refractivity contribution >= 4 is 22.5 Å². The third-order valence-electron chi connectivity index (χ3n) is 3.16. The van der Waals surface area contributed by atoms with Crippen molar-refractivity contribution in [2.45, 2.75) is 6.54 Å². The summed E-state index contributed by atoms with van der Waals surface area (Å²) in [6, 6.07) is 16.0. The Bertz CT molecular complexity index is 720. The highest BCUT2D eigenvalue weighted by Crippen LogP contribution is 2.24. The van der Waals surface area contributed by atoms with E-state index < -0.39 is 0 Å². The molecule has 19 heavy (non-hydrogen) atoms. The van der Waals surface area contributed by atoms with E-state index in [1.54, 1.807) is 0 Å². The first-order chi connectivity index (χ1) is 9.26. The van der Waals surface area contributed by atoms with Gasteiger partial charge in [0, 0.05) is 28.7 Å². The van der Waals surface area contributed by atoms with Crippen LogP contribution in [0.5, 0.6) is 0 Å². The van der Waals surface area contributed by atoms with Gasteiger partial charge >= 0.3 is 0 Å². The average molecular weight is 269 g/mol. The summed E-state index contributed by atoms with van der Waals surface area (Å²) in [6.07, 6.45) is 1.88. The van der Waals surface area contributed by atoms with Crippen molar-refractivity contribution in [3.8, 4) is 11.1 Å². The van der Waals surface area contributed by atoms with Gasteiger partial charge in [-0.1, -0.05) is 29.8 Å². The summed E-state index contributed by atoms with van der Waals surface area (Å²) >= 11 is 5.90. The molecule has 0 aliphatic rings. The van der Waals surface area contributed by atoms with Crippen LogP contribution < -0.4 is 5.73 Å². The fourth-order valence-corrected chi connectivity index (χ4v) is 2.23. The second-order valence-electron chi connectivity index (χ2n) is 4.46. The molecule has 0 radical (unpaired) electrons. The molecule has 3 heteroatoms. The molecule has 3 rings (SSSR count). The smallest absolute Gasteiger partial charge is 0.0702 e. The van der Waals surface area contributed by atoms with Crippen LogP contribution in [0.4, 0.5) is 0 Å². The van der Waals surface area contributed by atoms with Crippen molar-refractivity contribution in [2.75, 3.05) is 0 Å². The maximum absolute atomic E-state index is 5.90. The lowest BCUT2D eigenvalue weighted by Gasteiger charge is -2.05. The molecule has 3 aromatic rings. The number of aromatic nitrogens is 1. The molecule has 0 saturated heterocycles. The van der Waals surface area contributed by atoms with Crippen molar-refractivity contribution in [3.63, 3.8) is 0 Å². The lowest BCUT2D eigenvalue weighted by atomic mass is 10.0. The minimum absolute atomic E-state index is 0.543. The van der Waals surface area contributed by atoms with E-state index in [0.717, 1.165) is 32.6 Å². The molecular formula is C16H13ClN2. The lowest BCUT2D eigenvalue weighted by Crippen LogP contribution is -1.95. The van der Waals surface area contributed by atoms with Gasteiger partial charge in [0.1, 0.15) is 0 Å². The zero-order chi connectivity index (χ0) is 13.2. The highest BCUT2D eigenvalue weighted by atomic mass is 35.5. The molecule has 0 saturated carbocycles. The maximum atomic E-state index is 5.90. The minimum atomic E-state index is 0.543. The summed E-state index contributed by atoms with van der Waals surface area (Å²) in [7, 11) is 0. The number of hydrogen-bond acceptors (Lipinski definition) is 2. The Morgan fingerprint density at radius 1 is 0.947 bits per heavy atom. The second-order valence-corrected chi connectivity index (χ2v) is 4.90. The van der Waals surface area contributed by atoms with Crippen molar-refractivity contribution < 1.29 is 0 Å². The molecule has 0 amide bonds. The number of nitrogens with zero attached hydrogens (tertiary/aromatic N) is 1. The van der Waals surface area contributed by atoms with Crippen LogP contribution in [0.3, 0.4) is 0 Å². The van der Waals surface area contributed by atoms with Gasteiger partial charge < -0.3 is 5.73 Å². The second kappa shape index (κ2) is 5.00. The number of halogens is 1. The van der Waals surface area contributed by atoms with E-state index in [1.807, 2.05) is 42.6 Å². The standard InChI is InChI=1S/C16H13ClN2/c17-15-4-2-12(3-5-15)14-8-13-7-11(9-18)1-6-16(13)19-10-14/h1-8,10H,9,18H2. The van der Waals surface area contributed by atoms with E-state index in [4.69, 9.17) is 17.3 Å². The van der Waals surface area contributed by atoms with Crippen molar-refractivity contribution in [2.24, 2.45) is 5.73 Å². The molecule has 1 aromatic heterocycles. The first kappa shape index (κ1) is 12.2. The molecule has 2 nitrogen and oxygen atoms in total. The Morgan fingerprint density at radius 2 is 1.74 bits per heavy atom. The Kier molecular flexibility index (Phi) is 3.20. The third kappa shape index (κ3) is 2.46. The molecule has 0 aliphatic heterocycles. The van der Waals surface area contributed by atoms with Crippen LogP contribution >= 0.6 is 11.6 Å². The van der Waals surface area contributed by atoms with Gasteiger partial charge in [-0.25, -0.2) is 0 Å². The third-order valence-corrected chi connectivity index (χ3v) is 3.41. The summed E-state index contributed by atoms with van der Waals surface area (Å²) in [5, 5.41) is 1.85. The summed E-state index contributed by atoms with van der Waals surface area (Å²) in [6.45, 7) is 0.543. The number of nitrogens with two attached hydrogens (primary N) is 1. The molecule has 94 valence electrons. The number of pyridine rings is 1. The molecule has 2 aromatic carbocycles. The van der Waals surface area contributed by atoms with E-state index in [1.165, 1.54) is 0 Å². The van der Waals surface area contributed by atoms with Crippen LogP contribution in [0.15, 0.2) is 54.7 Å². The summed E-state index contributed by atoms with van der Waals surface area (Å²) in [5.41, 5.74) is 9.96. The highest BCUT2D eigenvalue weighted by Gasteiger charge is 2.02. The Labute approximate surface area is 116 Å². The Hall–Kier alpha value is -1.90. The SMILES string of the molecule is NCc1ccc2ncc(-c3ccc(Cl)cc3)cc2c1. The Balaban J connectivity index is 2.12. The summed E-state index contributed by atoms with van der Waals surface area (Å²) < 4.78 is 0. The molecule has 0 spiro atoms. The molecule has 1 heterocycles. The molecule has 0 fully saturated rings. The molecule has 0 unspecified atom stereocenters. The first-order valence-corrected chi connectivity index (χ1v) is 6.49. The van der Waals surface area contributed by atoms with Crippen molar-refractivity contribution in [1.82, 2.24) is 4.98 Å². The van der Waals surface area contributed by atoms with E-state index in [9.17, 15) is 0 Å². The van der Waals surface area contributed by atoms with Gasteiger partial charge in [-0.05, 0) is 41.5 Å². The predicted octanol–water partition coefficient (Wildman–Crippen LogP) is 4.01. The van der Waals surface area contributed by atoms with Crippen LogP contribution in [-0.4, -0.2) is 4.98 Å². The number of hydrogen-bond donors (Lipinski definition) is 1. The van der Waals surface area contributed by atoms with Crippen LogP contribution in [0.25, 0.3) is 22.0 Å². The largest absolute Gasteiger partial charge is 0.326 e. The highest BCUT2D eigenvalue weighted by molar-refractivity contribution is 6.30. The van der Waals surface area contributed by atoms with Gasteiger partial charge in [0.05, 0.1) is 5.52 Å². The monoisotopic (exact) mass is 268 g/mol. The lowest BCUT2D eigenvalue weighted by molar-refractivity contribution is 1.07. The van der Waals surface area contributed by atoms with Gasteiger partial charge in [0.25, 0.3) is 0 Å². The van der Waals surface area contributed by atoms with E-state index in [0.29, 0.717) is 6.54 Å². The number of rotatable bonds is 2. The first-order valence-electron chi connectivity index (χ1n) is 6.11. The van der Waals surface area contributed by atoms with Gasteiger partial charge in [-0.15, -0.1) is 0 Å². The number of benzene rings is 2. The normalized spacial score (nSPS) is 10.8. The van der Waals surface area contributed by atoms with Crippen molar-refractivity contribution in [3.05, 3.63) is 65.3 Å². The van der Waals surface area contributed by atoms with E-state index >= 15 is 0 Å². The predicted molar refractivity (Wildman–Crippen MR) is 80.1 cm³/mol. The molecule has 0 aliphatic carbocycles. The zero-order valence-electron chi connectivity index (χ0n) is 10.3. The fourth-order valence-electron chi connectivity index (χ4n) is 2.11. The molecular weight excluding hydrogens is 256 g/mol. The van der Waals surface area contributed by atoms with Gasteiger partial charge in [0.2, 0.25) is 0 Å². The molecule has 2 N–H and O–H groups in total. The van der Waals surface area contributed by atoms with E-state index in [2.05, 4.69) is 17.1 Å². The van der Waals surface area contributed by atoms with Crippen LogP contribution in [0.2, 0.25) is 5.02 Å². The topological polar surface area (TPSA) is 38.9 Å². The zero-order valence-corrected chi connectivity index (χ0v) is 11.1. The minimum Gasteiger partial charge on any atom is -0.326 e. The van der Waals surface area contributed by atoms with E-state index in [-0.39, 0.29) is 0 Å². The van der Waals surface area contributed by atoms with Gasteiger partial charge in [0.15, 0.2) is 0 Å². The van der Waals surface area contributed by atoms with Gasteiger partial charge in [-0.3, -0.25) is 4.98 Å². The van der Waals surface area contributed by atoms with Gasteiger partial charge in [-0.2, -0.15) is 0 Å². The molecule has 0 bridgehead atoms. The van der Waals surface area contributed by atoms with Crippen molar-refractivity contribution in [1.29, 1.82) is 0 Å². The summed E-state index contributed by atoms with van der Waals surface area (Å²) in [4.78, 5) is 4.48.